The lowest BCUT2D eigenvalue weighted by Gasteiger charge is -2.10. The molecule has 0 spiro atoms. The number of carboxylic acids is 1. The van der Waals surface area contributed by atoms with Crippen LogP contribution in [0.4, 0.5) is 0 Å². The van der Waals surface area contributed by atoms with Gasteiger partial charge in [-0.1, -0.05) is 35.5 Å². The van der Waals surface area contributed by atoms with Crippen LogP contribution in [0.2, 0.25) is 0 Å². The van der Waals surface area contributed by atoms with Gasteiger partial charge in [0.25, 0.3) is 0 Å². The molecule has 0 saturated carbocycles. The normalized spacial score (nSPS) is 11.4. The number of fused-ring (bicyclic) bond motifs is 3. The SMILES string of the molecule is COc1ccc2c(c1)c1c(C(=O)O)cc(-c3c(C)noc3C)cc1n2CCc1ccccc1. The van der Waals surface area contributed by atoms with Gasteiger partial charge in [0.15, 0.2) is 0 Å². The van der Waals surface area contributed by atoms with E-state index in [9.17, 15) is 9.90 Å². The Hall–Kier alpha value is -4.06. The monoisotopic (exact) mass is 440 g/mol. The Morgan fingerprint density at radius 2 is 1.85 bits per heavy atom. The minimum atomic E-state index is -0.974. The molecule has 1 N–H and O–H groups in total. The molecule has 5 aromatic rings. The van der Waals surface area contributed by atoms with Gasteiger partial charge in [-0.2, -0.15) is 0 Å². The molecule has 0 radical (unpaired) electrons. The summed E-state index contributed by atoms with van der Waals surface area (Å²) >= 11 is 0. The highest BCUT2D eigenvalue weighted by Crippen LogP contribution is 2.38. The van der Waals surface area contributed by atoms with E-state index in [4.69, 9.17) is 9.26 Å². The zero-order chi connectivity index (χ0) is 23.1. The van der Waals surface area contributed by atoms with E-state index in [2.05, 4.69) is 21.9 Å². The van der Waals surface area contributed by atoms with Crippen LogP contribution in [0.15, 0.2) is 65.2 Å². The summed E-state index contributed by atoms with van der Waals surface area (Å²) in [5.74, 6) is 0.381. The van der Waals surface area contributed by atoms with Crippen molar-refractivity contribution >= 4 is 27.8 Å². The lowest BCUT2D eigenvalue weighted by atomic mass is 9.97. The van der Waals surface area contributed by atoms with Crippen LogP contribution in [0, 0.1) is 13.8 Å². The highest BCUT2D eigenvalue weighted by molar-refractivity contribution is 6.18. The molecule has 5 rings (SSSR count). The van der Waals surface area contributed by atoms with Crippen LogP contribution in [0.1, 0.15) is 27.4 Å². The number of benzene rings is 3. The topological polar surface area (TPSA) is 77.5 Å². The molecular formula is C27H24N2O4. The number of carboxylic acid groups (broad SMARTS) is 1. The number of methoxy groups -OCH3 is 1. The van der Waals surface area contributed by atoms with Gasteiger partial charge in [0.1, 0.15) is 11.5 Å². The molecule has 0 saturated heterocycles. The summed E-state index contributed by atoms with van der Waals surface area (Å²) in [6.07, 6.45) is 0.823. The van der Waals surface area contributed by atoms with Crippen molar-refractivity contribution in [3.8, 4) is 16.9 Å². The summed E-state index contributed by atoms with van der Waals surface area (Å²) in [6, 6.07) is 19.9. The molecule has 0 unspecified atom stereocenters. The van der Waals surface area contributed by atoms with Crippen molar-refractivity contribution in [2.75, 3.05) is 7.11 Å². The van der Waals surface area contributed by atoms with E-state index < -0.39 is 5.97 Å². The van der Waals surface area contributed by atoms with Crippen LogP contribution in [-0.4, -0.2) is 27.9 Å². The van der Waals surface area contributed by atoms with E-state index in [1.807, 2.05) is 56.3 Å². The summed E-state index contributed by atoms with van der Waals surface area (Å²) in [6.45, 7) is 4.42. The van der Waals surface area contributed by atoms with Crippen LogP contribution >= 0.6 is 0 Å². The first-order valence-electron chi connectivity index (χ1n) is 10.8. The van der Waals surface area contributed by atoms with E-state index in [0.29, 0.717) is 23.4 Å². The fourth-order valence-electron chi connectivity index (χ4n) is 4.66. The van der Waals surface area contributed by atoms with Crippen molar-refractivity contribution < 1.29 is 19.2 Å². The quantitative estimate of drug-likeness (QED) is 0.350. The lowest BCUT2D eigenvalue weighted by Crippen LogP contribution is -2.03. The molecule has 6 nitrogen and oxygen atoms in total. The predicted molar refractivity (Wildman–Crippen MR) is 128 cm³/mol. The van der Waals surface area contributed by atoms with Gasteiger partial charge in [-0.15, -0.1) is 0 Å². The van der Waals surface area contributed by atoms with Crippen molar-refractivity contribution in [1.82, 2.24) is 9.72 Å². The number of aromatic carboxylic acids is 1. The Morgan fingerprint density at radius 1 is 1.06 bits per heavy atom. The maximum absolute atomic E-state index is 12.4. The average Bonchev–Trinajstić information content (AvgIpc) is 3.33. The second-order valence-electron chi connectivity index (χ2n) is 8.19. The number of nitrogens with zero attached hydrogens (tertiary/aromatic N) is 2. The largest absolute Gasteiger partial charge is 0.497 e. The summed E-state index contributed by atoms with van der Waals surface area (Å²) in [5.41, 5.74) is 5.66. The predicted octanol–water partition coefficient (Wildman–Crippen LogP) is 6.02. The van der Waals surface area contributed by atoms with E-state index in [-0.39, 0.29) is 5.56 Å². The minimum absolute atomic E-state index is 0.249. The summed E-state index contributed by atoms with van der Waals surface area (Å²) in [5, 5.41) is 15.8. The van der Waals surface area contributed by atoms with Gasteiger partial charge in [-0.25, -0.2) is 4.79 Å². The second kappa shape index (κ2) is 8.13. The number of hydrogen-bond acceptors (Lipinski definition) is 4. The van der Waals surface area contributed by atoms with E-state index in [0.717, 1.165) is 39.7 Å². The third-order valence-electron chi connectivity index (χ3n) is 6.19. The first-order valence-corrected chi connectivity index (χ1v) is 10.8. The molecule has 0 fully saturated rings. The first-order chi connectivity index (χ1) is 16.0. The molecule has 0 aliphatic rings. The van der Waals surface area contributed by atoms with Gasteiger partial charge in [0.05, 0.1) is 23.9 Å². The van der Waals surface area contributed by atoms with Crippen molar-refractivity contribution in [2.24, 2.45) is 0 Å². The fourth-order valence-corrected chi connectivity index (χ4v) is 4.66. The Labute approximate surface area is 191 Å². The van der Waals surface area contributed by atoms with Crippen LogP contribution in [-0.2, 0) is 13.0 Å². The molecule has 0 aliphatic heterocycles. The Balaban J connectivity index is 1.81. The summed E-state index contributed by atoms with van der Waals surface area (Å²) in [7, 11) is 1.61. The van der Waals surface area contributed by atoms with E-state index in [1.165, 1.54) is 5.56 Å². The molecule has 2 heterocycles. The molecule has 0 aliphatic carbocycles. The number of aromatic nitrogens is 2. The molecule has 3 aromatic carbocycles. The summed E-state index contributed by atoms with van der Waals surface area (Å²) in [4.78, 5) is 12.4. The average molecular weight is 440 g/mol. The highest BCUT2D eigenvalue weighted by Gasteiger charge is 2.22. The summed E-state index contributed by atoms with van der Waals surface area (Å²) < 4.78 is 13.0. The Kier molecular flexibility index (Phi) is 5.13. The molecule has 0 amide bonds. The maximum Gasteiger partial charge on any atom is 0.336 e. The van der Waals surface area contributed by atoms with Gasteiger partial charge in [0.2, 0.25) is 0 Å². The molecule has 166 valence electrons. The smallest absolute Gasteiger partial charge is 0.336 e. The van der Waals surface area contributed by atoms with E-state index in [1.54, 1.807) is 13.2 Å². The number of carbonyl (C=O) groups is 1. The van der Waals surface area contributed by atoms with Gasteiger partial charge < -0.3 is 18.9 Å². The zero-order valence-electron chi connectivity index (χ0n) is 18.8. The lowest BCUT2D eigenvalue weighted by molar-refractivity contribution is 0.0699. The van der Waals surface area contributed by atoms with Crippen molar-refractivity contribution in [3.63, 3.8) is 0 Å². The third kappa shape index (κ3) is 3.53. The number of hydrogen-bond donors (Lipinski definition) is 1. The second-order valence-corrected chi connectivity index (χ2v) is 8.19. The molecule has 0 bridgehead atoms. The zero-order valence-corrected chi connectivity index (χ0v) is 18.8. The molecule has 33 heavy (non-hydrogen) atoms. The van der Waals surface area contributed by atoms with Gasteiger partial charge in [-0.05, 0) is 61.7 Å². The van der Waals surface area contributed by atoms with E-state index >= 15 is 0 Å². The van der Waals surface area contributed by atoms with Gasteiger partial charge in [-0.3, -0.25) is 0 Å². The number of ether oxygens (including phenoxy) is 1. The highest BCUT2D eigenvalue weighted by atomic mass is 16.5. The Bertz CT molecular complexity index is 1480. The van der Waals surface area contributed by atoms with Crippen LogP contribution in [0.25, 0.3) is 32.9 Å². The standard InChI is InChI=1S/C27H24N2O4/c1-16-25(17(2)33-28-16)19-13-22(27(30)31)26-21-15-20(32-3)9-10-23(21)29(24(26)14-19)12-11-18-7-5-4-6-8-18/h4-10,13-15H,11-12H2,1-3H3,(H,30,31). The minimum Gasteiger partial charge on any atom is -0.497 e. The number of aryl methyl sites for hydroxylation is 4. The Morgan fingerprint density at radius 3 is 2.52 bits per heavy atom. The van der Waals surface area contributed by atoms with Crippen molar-refractivity contribution in [2.45, 2.75) is 26.8 Å². The number of rotatable bonds is 6. The van der Waals surface area contributed by atoms with Crippen molar-refractivity contribution in [1.29, 1.82) is 0 Å². The molecule has 6 heteroatoms. The molecular weight excluding hydrogens is 416 g/mol. The molecule has 0 atom stereocenters. The van der Waals surface area contributed by atoms with Gasteiger partial charge >= 0.3 is 5.97 Å². The van der Waals surface area contributed by atoms with Gasteiger partial charge in [0, 0.05) is 28.4 Å². The molecule has 2 aromatic heterocycles. The van der Waals surface area contributed by atoms with Crippen molar-refractivity contribution in [3.05, 3.63) is 83.2 Å². The van der Waals surface area contributed by atoms with Crippen LogP contribution in [0.5, 0.6) is 5.75 Å². The third-order valence-corrected chi connectivity index (χ3v) is 6.19. The van der Waals surface area contributed by atoms with Crippen LogP contribution in [0.3, 0.4) is 0 Å². The van der Waals surface area contributed by atoms with Crippen LogP contribution < -0.4 is 4.74 Å². The first kappa shape index (κ1) is 20.8. The fraction of sp³-hybridized carbons (Fsp3) is 0.185. The maximum atomic E-state index is 12.4.